The Hall–Kier alpha value is -0.830. The average molecular weight is 210 g/mol. The van der Waals surface area contributed by atoms with Crippen LogP contribution in [0.2, 0.25) is 0 Å². The lowest BCUT2D eigenvalue weighted by Crippen LogP contribution is -2.21. The number of anilines is 2. The lowest BCUT2D eigenvalue weighted by atomic mass is 10.1. The van der Waals surface area contributed by atoms with Crippen LogP contribution in [0, 0.1) is 6.92 Å². The third-order valence-electron chi connectivity index (χ3n) is 2.28. The molecule has 1 aromatic rings. The van der Waals surface area contributed by atoms with Crippen molar-refractivity contribution in [3.05, 3.63) is 23.8 Å². The van der Waals surface area contributed by atoms with E-state index in [9.17, 15) is 0 Å². The number of aryl methyl sites for hydroxylation is 1. The number of nitrogens with zero attached hydrogens (tertiary/aromatic N) is 1. The molecule has 78 valence electrons. The summed E-state index contributed by atoms with van der Waals surface area (Å²) in [5.41, 5.74) is 9.11. The van der Waals surface area contributed by atoms with Gasteiger partial charge in [0.2, 0.25) is 0 Å². The summed E-state index contributed by atoms with van der Waals surface area (Å²) in [6.07, 6.45) is 2.13. The van der Waals surface area contributed by atoms with Crippen molar-refractivity contribution in [3.63, 3.8) is 0 Å². The van der Waals surface area contributed by atoms with Gasteiger partial charge >= 0.3 is 0 Å². The molecule has 0 amide bonds. The van der Waals surface area contributed by atoms with Crippen LogP contribution in [0.3, 0.4) is 0 Å². The fraction of sp³-hybridized carbons (Fsp3) is 0.455. The summed E-state index contributed by atoms with van der Waals surface area (Å²) in [4.78, 5) is 2.25. The Morgan fingerprint density at radius 1 is 1.43 bits per heavy atom. The van der Waals surface area contributed by atoms with Gasteiger partial charge < -0.3 is 10.6 Å². The molecule has 0 atom stereocenters. The molecule has 0 radical (unpaired) electrons. The van der Waals surface area contributed by atoms with Crippen LogP contribution >= 0.6 is 11.8 Å². The van der Waals surface area contributed by atoms with Crippen LogP contribution in [0.1, 0.15) is 5.56 Å². The zero-order valence-corrected chi connectivity index (χ0v) is 9.90. The Labute approximate surface area is 90.5 Å². The molecular weight excluding hydrogens is 192 g/mol. The molecule has 0 heterocycles. The molecule has 0 saturated heterocycles. The van der Waals surface area contributed by atoms with Crippen LogP contribution in [0.4, 0.5) is 11.4 Å². The number of rotatable bonds is 4. The van der Waals surface area contributed by atoms with Gasteiger partial charge in [-0.15, -0.1) is 0 Å². The number of thioether (sulfide) groups is 1. The standard InChI is InChI=1S/C11H18N2S/c1-9-4-5-10(12)8-11(9)13(2)6-7-14-3/h4-5,8H,6-7,12H2,1-3H3. The third kappa shape index (κ3) is 2.84. The van der Waals surface area contributed by atoms with Crippen molar-refractivity contribution in [3.8, 4) is 0 Å². The maximum atomic E-state index is 5.76. The number of hydrogen-bond acceptors (Lipinski definition) is 3. The molecule has 0 aliphatic heterocycles. The first kappa shape index (κ1) is 11.2. The molecule has 2 nitrogen and oxygen atoms in total. The molecule has 0 aromatic heterocycles. The molecule has 0 saturated carbocycles. The molecule has 2 N–H and O–H groups in total. The number of hydrogen-bond donors (Lipinski definition) is 1. The smallest absolute Gasteiger partial charge is 0.0414 e. The van der Waals surface area contributed by atoms with E-state index in [4.69, 9.17) is 5.73 Å². The van der Waals surface area contributed by atoms with Crippen LogP contribution in [0.5, 0.6) is 0 Å². The highest BCUT2D eigenvalue weighted by molar-refractivity contribution is 7.98. The Morgan fingerprint density at radius 3 is 2.79 bits per heavy atom. The number of benzene rings is 1. The minimum Gasteiger partial charge on any atom is -0.399 e. The van der Waals surface area contributed by atoms with Gasteiger partial charge in [-0.25, -0.2) is 0 Å². The molecule has 0 spiro atoms. The van der Waals surface area contributed by atoms with Crippen LogP contribution in [0.15, 0.2) is 18.2 Å². The Bertz CT molecular complexity index is 299. The van der Waals surface area contributed by atoms with Crippen molar-refractivity contribution >= 4 is 23.1 Å². The van der Waals surface area contributed by atoms with Crippen molar-refractivity contribution in [1.29, 1.82) is 0 Å². The monoisotopic (exact) mass is 210 g/mol. The lowest BCUT2D eigenvalue weighted by Gasteiger charge is -2.21. The van der Waals surface area contributed by atoms with Gasteiger partial charge in [-0.3, -0.25) is 0 Å². The molecule has 3 heteroatoms. The predicted molar refractivity (Wildman–Crippen MR) is 67.2 cm³/mol. The normalized spacial score (nSPS) is 10.2. The van der Waals surface area contributed by atoms with E-state index in [0.717, 1.165) is 18.0 Å². The van der Waals surface area contributed by atoms with Gasteiger partial charge in [0.15, 0.2) is 0 Å². The van der Waals surface area contributed by atoms with Crippen molar-refractivity contribution in [2.45, 2.75) is 6.92 Å². The molecule has 0 unspecified atom stereocenters. The maximum absolute atomic E-state index is 5.76. The fourth-order valence-electron chi connectivity index (χ4n) is 1.39. The van der Waals surface area contributed by atoms with Gasteiger partial charge in [-0.1, -0.05) is 6.07 Å². The van der Waals surface area contributed by atoms with E-state index in [-0.39, 0.29) is 0 Å². The number of nitrogen functional groups attached to an aromatic ring is 1. The average Bonchev–Trinajstić information content (AvgIpc) is 2.18. The fourth-order valence-corrected chi connectivity index (χ4v) is 1.84. The summed E-state index contributed by atoms with van der Waals surface area (Å²) in [7, 11) is 2.11. The van der Waals surface area contributed by atoms with Crippen LogP contribution in [-0.2, 0) is 0 Å². The van der Waals surface area contributed by atoms with Gasteiger partial charge in [0, 0.05) is 30.7 Å². The molecule has 0 bridgehead atoms. The van der Waals surface area contributed by atoms with E-state index >= 15 is 0 Å². The highest BCUT2D eigenvalue weighted by Gasteiger charge is 2.03. The van der Waals surface area contributed by atoms with Gasteiger partial charge in [0.1, 0.15) is 0 Å². The van der Waals surface area contributed by atoms with Gasteiger partial charge in [0.25, 0.3) is 0 Å². The van der Waals surface area contributed by atoms with Gasteiger partial charge in [-0.2, -0.15) is 11.8 Å². The van der Waals surface area contributed by atoms with E-state index in [0.29, 0.717) is 0 Å². The quantitative estimate of drug-likeness (QED) is 0.774. The highest BCUT2D eigenvalue weighted by Crippen LogP contribution is 2.21. The van der Waals surface area contributed by atoms with Crippen molar-refractivity contribution < 1.29 is 0 Å². The lowest BCUT2D eigenvalue weighted by molar-refractivity contribution is 0.971. The second-order valence-corrected chi connectivity index (χ2v) is 4.45. The summed E-state index contributed by atoms with van der Waals surface area (Å²) in [5.74, 6) is 1.14. The first-order valence-corrected chi connectivity index (χ1v) is 6.10. The zero-order chi connectivity index (χ0) is 10.6. The summed E-state index contributed by atoms with van der Waals surface area (Å²) in [6.45, 7) is 3.18. The van der Waals surface area contributed by atoms with E-state index < -0.39 is 0 Å². The second-order valence-electron chi connectivity index (χ2n) is 3.46. The van der Waals surface area contributed by atoms with Gasteiger partial charge in [-0.05, 0) is 30.9 Å². The molecule has 1 aromatic carbocycles. The highest BCUT2D eigenvalue weighted by atomic mass is 32.2. The Kier molecular flexibility index (Phi) is 4.14. The van der Waals surface area contributed by atoms with E-state index in [1.165, 1.54) is 11.3 Å². The summed E-state index contributed by atoms with van der Waals surface area (Å²) in [6, 6.07) is 6.05. The molecular formula is C11H18N2S. The van der Waals surface area contributed by atoms with Gasteiger partial charge in [0.05, 0.1) is 0 Å². The maximum Gasteiger partial charge on any atom is 0.0414 e. The molecule has 1 rings (SSSR count). The predicted octanol–water partition coefficient (Wildman–Crippen LogP) is 2.38. The molecule has 0 aliphatic carbocycles. The SMILES string of the molecule is CSCCN(C)c1cc(N)ccc1C. The first-order valence-electron chi connectivity index (χ1n) is 4.71. The summed E-state index contributed by atoms with van der Waals surface area (Å²) < 4.78 is 0. The van der Waals surface area contributed by atoms with E-state index in [1.54, 1.807) is 0 Å². The molecule has 14 heavy (non-hydrogen) atoms. The second kappa shape index (κ2) is 5.15. The van der Waals surface area contributed by atoms with E-state index in [2.05, 4.69) is 31.2 Å². The van der Waals surface area contributed by atoms with Crippen LogP contribution in [-0.4, -0.2) is 25.6 Å². The van der Waals surface area contributed by atoms with Crippen LogP contribution < -0.4 is 10.6 Å². The minimum absolute atomic E-state index is 0.835. The Balaban J connectivity index is 2.77. The molecule has 0 fully saturated rings. The van der Waals surface area contributed by atoms with E-state index in [1.807, 2.05) is 23.9 Å². The zero-order valence-electron chi connectivity index (χ0n) is 9.08. The molecule has 0 aliphatic rings. The topological polar surface area (TPSA) is 29.3 Å². The largest absolute Gasteiger partial charge is 0.399 e. The third-order valence-corrected chi connectivity index (χ3v) is 2.87. The summed E-state index contributed by atoms with van der Waals surface area (Å²) in [5, 5.41) is 0. The minimum atomic E-state index is 0.835. The van der Waals surface area contributed by atoms with Crippen molar-refractivity contribution in [1.82, 2.24) is 0 Å². The number of nitrogens with two attached hydrogens (primary N) is 1. The van der Waals surface area contributed by atoms with Crippen molar-refractivity contribution in [2.24, 2.45) is 0 Å². The van der Waals surface area contributed by atoms with Crippen molar-refractivity contribution in [2.75, 3.05) is 36.2 Å². The Morgan fingerprint density at radius 2 is 2.14 bits per heavy atom. The van der Waals surface area contributed by atoms with Crippen LogP contribution in [0.25, 0.3) is 0 Å². The first-order chi connectivity index (χ1) is 6.65. The summed E-state index contributed by atoms with van der Waals surface area (Å²) >= 11 is 1.86.